The summed E-state index contributed by atoms with van der Waals surface area (Å²) in [5.74, 6) is 0.318. The van der Waals surface area contributed by atoms with Crippen molar-refractivity contribution in [3.05, 3.63) is 29.8 Å². The van der Waals surface area contributed by atoms with Crippen LogP contribution in [0.1, 0.15) is 31.7 Å². The third-order valence-corrected chi connectivity index (χ3v) is 3.82. The van der Waals surface area contributed by atoms with E-state index in [0.29, 0.717) is 25.7 Å². The second-order valence-corrected chi connectivity index (χ2v) is 5.87. The average molecular weight is 476 g/mol. The molecular weight excluding hydrogens is 447 g/mol. The maximum absolute atomic E-state index is 12.1. The van der Waals surface area contributed by atoms with Crippen LogP contribution in [-0.4, -0.2) is 44.3 Å². The van der Waals surface area contributed by atoms with E-state index < -0.39 is 0 Å². The molecule has 1 atom stereocenters. The number of ether oxygens (including phenoxy) is 2. The second-order valence-electron chi connectivity index (χ2n) is 5.87. The lowest BCUT2D eigenvalue weighted by Crippen LogP contribution is -2.32. The molecule has 1 aliphatic heterocycles. The van der Waals surface area contributed by atoms with E-state index in [1.165, 1.54) is 0 Å². The van der Waals surface area contributed by atoms with Crippen molar-refractivity contribution in [2.45, 2.75) is 38.8 Å². The molecule has 8 heteroatoms. The van der Waals surface area contributed by atoms with E-state index in [2.05, 4.69) is 15.6 Å². The molecule has 1 amide bonds. The highest BCUT2D eigenvalue weighted by Crippen LogP contribution is 2.16. The standard InChI is InChI=1S/C18H28N4O3.HI/c1-2-24-10-5-9-20-18(19)21-13-14-6-3-7-15(12-14)22-17(23)16-8-4-11-25-16;/h3,6-7,12,16H,2,4-5,8-11,13H2,1H3,(H,22,23)(H3,19,20,21);1H. The highest BCUT2D eigenvalue weighted by molar-refractivity contribution is 14.0. The minimum Gasteiger partial charge on any atom is -0.382 e. The zero-order valence-electron chi connectivity index (χ0n) is 15.2. The Bertz CT molecular complexity index is 577. The van der Waals surface area contributed by atoms with Crippen molar-refractivity contribution in [1.82, 2.24) is 5.32 Å². The predicted octanol–water partition coefficient (Wildman–Crippen LogP) is 2.25. The minimum atomic E-state index is -0.335. The van der Waals surface area contributed by atoms with Gasteiger partial charge in [-0.05, 0) is 43.9 Å². The summed E-state index contributed by atoms with van der Waals surface area (Å²) in [6.07, 6.45) is 2.26. The Labute approximate surface area is 172 Å². The van der Waals surface area contributed by atoms with Crippen LogP contribution in [0.3, 0.4) is 0 Å². The fourth-order valence-electron chi connectivity index (χ4n) is 2.52. The van der Waals surface area contributed by atoms with E-state index in [1.807, 2.05) is 31.2 Å². The smallest absolute Gasteiger partial charge is 0.253 e. The Morgan fingerprint density at radius 2 is 2.31 bits per heavy atom. The number of anilines is 1. The van der Waals surface area contributed by atoms with Gasteiger partial charge in [0.1, 0.15) is 6.10 Å². The number of hydrogen-bond donors (Lipinski definition) is 3. The van der Waals surface area contributed by atoms with Crippen LogP contribution in [-0.2, 0) is 20.8 Å². The van der Waals surface area contributed by atoms with E-state index in [4.69, 9.17) is 15.2 Å². The van der Waals surface area contributed by atoms with Crippen molar-refractivity contribution in [3.63, 3.8) is 0 Å². The first-order valence-electron chi connectivity index (χ1n) is 8.82. The van der Waals surface area contributed by atoms with E-state index in [-0.39, 0.29) is 36.0 Å². The molecule has 1 aromatic rings. The SMILES string of the molecule is CCOCCCNC(N)=NCc1cccc(NC(=O)C2CCCO2)c1.I. The summed E-state index contributed by atoms with van der Waals surface area (Å²) in [4.78, 5) is 16.4. The van der Waals surface area contributed by atoms with Gasteiger partial charge >= 0.3 is 0 Å². The average Bonchev–Trinajstić information content (AvgIpc) is 3.15. The third kappa shape index (κ3) is 8.33. The molecule has 0 spiro atoms. The number of carbonyl (C=O) groups excluding carboxylic acids is 1. The molecular formula is C18H29IN4O3. The molecule has 2 rings (SSSR count). The Morgan fingerprint density at radius 3 is 3.04 bits per heavy atom. The Morgan fingerprint density at radius 1 is 1.46 bits per heavy atom. The topological polar surface area (TPSA) is 98.0 Å². The van der Waals surface area contributed by atoms with Gasteiger partial charge in [0.05, 0.1) is 6.54 Å². The molecule has 1 saturated heterocycles. The van der Waals surface area contributed by atoms with Crippen LogP contribution in [0.5, 0.6) is 0 Å². The van der Waals surface area contributed by atoms with E-state index in [1.54, 1.807) is 0 Å². The normalized spacial score (nSPS) is 16.8. The number of aliphatic imine (C=N–C) groups is 1. The first-order chi connectivity index (χ1) is 12.2. The number of nitrogens with one attached hydrogen (secondary N) is 2. The molecule has 0 radical (unpaired) electrons. The maximum atomic E-state index is 12.1. The first-order valence-corrected chi connectivity index (χ1v) is 8.82. The van der Waals surface area contributed by atoms with Crippen molar-refractivity contribution in [1.29, 1.82) is 0 Å². The maximum Gasteiger partial charge on any atom is 0.253 e. The monoisotopic (exact) mass is 476 g/mol. The molecule has 0 aliphatic carbocycles. The minimum absolute atomic E-state index is 0. The van der Waals surface area contributed by atoms with Gasteiger partial charge in [-0.2, -0.15) is 0 Å². The van der Waals surface area contributed by atoms with Gasteiger partial charge in [0.25, 0.3) is 5.91 Å². The van der Waals surface area contributed by atoms with Gasteiger partial charge in [-0.1, -0.05) is 12.1 Å². The van der Waals surface area contributed by atoms with Crippen LogP contribution in [0.25, 0.3) is 0 Å². The summed E-state index contributed by atoms with van der Waals surface area (Å²) in [7, 11) is 0. The molecule has 1 aliphatic rings. The number of nitrogens with zero attached hydrogens (tertiary/aromatic N) is 1. The lowest BCUT2D eigenvalue weighted by Gasteiger charge is -2.11. The van der Waals surface area contributed by atoms with Gasteiger partial charge in [-0.3, -0.25) is 4.79 Å². The number of halogens is 1. The summed E-state index contributed by atoms with van der Waals surface area (Å²) in [6.45, 7) is 5.25. The van der Waals surface area contributed by atoms with Crippen molar-refractivity contribution >= 4 is 41.5 Å². The van der Waals surface area contributed by atoms with Crippen molar-refractivity contribution in [3.8, 4) is 0 Å². The zero-order chi connectivity index (χ0) is 17.9. The van der Waals surface area contributed by atoms with Gasteiger partial charge in [-0.15, -0.1) is 24.0 Å². The summed E-state index contributed by atoms with van der Waals surface area (Å²) in [5, 5.41) is 5.95. The van der Waals surface area contributed by atoms with Crippen LogP contribution in [0.15, 0.2) is 29.3 Å². The number of nitrogens with two attached hydrogens (primary N) is 1. The van der Waals surface area contributed by atoms with E-state index >= 15 is 0 Å². The van der Waals surface area contributed by atoms with Gasteiger partial charge in [-0.25, -0.2) is 4.99 Å². The molecule has 1 aromatic carbocycles. The number of carbonyl (C=O) groups is 1. The van der Waals surface area contributed by atoms with Gasteiger partial charge in [0, 0.05) is 32.1 Å². The van der Waals surface area contributed by atoms with Crippen molar-refractivity contribution in [2.24, 2.45) is 10.7 Å². The lowest BCUT2D eigenvalue weighted by atomic mass is 10.2. The predicted molar refractivity (Wildman–Crippen MR) is 114 cm³/mol. The second kappa shape index (κ2) is 12.9. The number of rotatable bonds is 9. The summed E-state index contributed by atoms with van der Waals surface area (Å²) >= 11 is 0. The molecule has 0 saturated carbocycles. The Balaban J connectivity index is 0.00000338. The zero-order valence-corrected chi connectivity index (χ0v) is 17.5. The molecule has 0 aromatic heterocycles. The quantitative estimate of drug-likeness (QED) is 0.220. The lowest BCUT2D eigenvalue weighted by molar-refractivity contribution is -0.124. The first kappa shape index (κ1) is 22.7. The fourth-order valence-corrected chi connectivity index (χ4v) is 2.52. The number of benzene rings is 1. The molecule has 1 heterocycles. The van der Waals surface area contributed by atoms with Crippen molar-refractivity contribution in [2.75, 3.05) is 31.7 Å². The van der Waals surface area contributed by atoms with E-state index in [9.17, 15) is 4.79 Å². The number of amides is 1. The summed E-state index contributed by atoms with van der Waals surface area (Å²) in [5.41, 5.74) is 7.57. The van der Waals surface area contributed by atoms with Crippen LogP contribution in [0, 0.1) is 0 Å². The Hall–Kier alpha value is -1.39. The van der Waals surface area contributed by atoms with Crippen molar-refractivity contribution < 1.29 is 14.3 Å². The van der Waals surface area contributed by atoms with Crippen LogP contribution < -0.4 is 16.4 Å². The molecule has 1 fully saturated rings. The molecule has 1 unspecified atom stereocenters. The van der Waals surface area contributed by atoms with Crippen LogP contribution in [0.4, 0.5) is 5.69 Å². The molecule has 4 N–H and O–H groups in total. The van der Waals surface area contributed by atoms with Gasteiger partial charge in [0.2, 0.25) is 0 Å². The molecule has 26 heavy (non-hydrogen) atoms. The molecule has 7 nitrogen and oxygen atoms in total. The Kier molecular flexibility index (Phi) is 11.2. The molecule has 146 valence electrons. The number of guanidine groups is 1. The fraction of sp³-hybridized carbons (Fsp3) is 0.556. The van der Waals surface area contributed by atoms with Gasteiger partial charge in [0.15, 0.2) is 5.96 Å². The van der Waals surface area contributed by atoms with Gasteiger partial charge < -0.3 is 25.8 Å². The summed E-state index contributed by atoms with van der Waals surface area (Å²) < 4.78 is 10.7. The molecule has 0 bridgehead atoms. The van der Waals surface area contributed by atoms with Crippen LogP contribution >= 0.6 is 24.0 Å². The van der Waals surface area contributed by atoms with E-state index in [0.717, 1.165) is 43.7 Å². The highest BCUT2D eigenvalue weighted by Gasteiger charge is 2.23. The highest BCUT2D eigenvalue weighted by atomic mass is 127. The third-order valence-electron chi connectivity index (χ3n) is 3.82. The summed E-state index contributed by atoms with van der Waals surface area (Å²) in [6, 6.07) is 7.60. The number of hydrogen-bond acceptors (Lipinski definition) is 4. The van der Waals surface area contributed by atoms with Crippen LogP contribution in [0.2, 0.25) is 0 Å². The largest absolute Gasteiger partial charge is 0.382 e.